The third-order valence-electron chi connectivity index (χ3n) is 21.8. The molecule has 0 saturated heterocycles. The predicted molar refractivity (Wildman–Crippen MR) is 258 cm³/mol. The Balaban J connectivity index is 0.000000187. The van der Waals surface area contributed by atoms with E-state index in [1.54, 1.807) is 5.57 Å². The summed E-state index contributed by atoms with van der Waals surface area (Å²) in [7, 11) is -4.38. The van der Waals surface area contributed by atoms with E-state index in [4.69, 9.17) is 8.74 Å². The third-order valence-corrected chi connectivity index (χ3v) is 22.3. The average molecular weight is 881 g/mol. The highest BCUT2D eigenvalue weighted by molar-refractivity contribution is 7.80. The van der Waals surface area contributed by atoms with Gasteiger partial charge in [-0.25, -0.2) is 4.18 Å². The number of aliphatic hydroxyl groups is 1. The van der Waals surface area contributed by atoms with Crippen molar-refractivity contribution in [1.29, 1.82) is 0 Å². The smallest absolute Gasteiger partial charge is 0.393 e. The minimum Gasteiger partial charge on any atom is -0.393 e. The van der Waals surface area contributed by atoms with E-state index >= 15 is 0 Å². The summed E-state index contributed by atoms with van der Waals surface area (Å²) in [5.41, 5.74) is 4.64. The van der Waals surface area contributed by atoms with Crippen molar-refractivity contribution in [3.63, 3.8) is 0 Å². The van der Waals surface area contributed by atoms with E-state index in [2.05, 4.69) is 88.3 Å². The molecular weight excluding hydrogens is 785 g/mol. The van der Waals surface area contributed by atoms with E-state index in [0.29, 0.717) is 35.0 Å². The van der Waals surface area contributed by atoms with Crippen molar-refractivity contribution in [1.82, 2.24) is 0 Å². The SMILES string of the molecule is CC(C)CCC[C@@H](C)[C@H]1CC[C@H]2[C@@H]3CC=C4C[C@@H](OS(=O)(=O)O)CC[C@]4(C)[C@H]3CC[C@]12C.CC[C@H](CC[C@@H](C)[C@H]1CC[C@H]2[C@@H]3CC=C4C[C@@H](O)CC[C@]4(C)[C@H]3CC[C@]12C)C(C)C. The molecule has 2 N–H and O–H groups in total. The average Bonchev–Trinajstić information content (AvgIpc) is 3.75. The normalized spacial score (nSPS) is 44.0. The first-order valence-electron chi connectivity index (χ1n) is 26.9. The van der Waals surface area contributed by atoms with Gasteiger partial charge in [-0.2, -0.15) is 8.42 Å². The maximum atomic E-state index is 11.2. The molecule has 0 aliphatic heterocycles. The zero-order valence-electron chi connectivity index (χ0n) is 41.9. The van der Waals surface area contributed by atoms with Crippen LogP contribution in [0.5, 0.6) is 0 Å². The zero-order chi connectivity index (χ0) is 45.0. The topological polar surface area (TPSA) is 83.8 Å². The van der Waals surface area contributed by atoms with Crippen molar-refractivity contribution < 1.29 is 22.3 Å². The first-order valence-corrected chi connectivity index (χ1v) is 28.2. The van der Waals surface area contributed by atoms with Gasteiger partial charge < -0.3 is 5.11 Å². The molecule has 62 heavy (non-hydrogen) atoms. The highest BCUT2D eigenvalue weighted by Gasteiger charge is 2.61. The molecule has 8 rings (SSSR count). The molecular formula is C56H96O5S. The summed E-state index contributed by atoms with van der Waals surface area (Å²) in [6.07, 6.45) is 32.2. The van der Waals surface area contributed by atoms with Crippen LogP contribution in [0.4, 0.5) is 0 Å². The highest BCUT2D eigenvalue weighted by Crippen LogP contribution is 2.69. The van der Waals surface area contributed by atoms with Crippen molar-refractivity contribution in [2.24, 2.45) is 98.6 Å². The van der Waals surface area contributed by atoms with Crippen LogP contribution in [-0.4, -0.2) is 30.3 Å². The molecule has 5 nitrogen and oxygen atoms in total. The van der Waals surface area contributed by atoms with Crippen molar-refractivity contribution in [3.8, 4) is 0 Å². The lowest BCUT2D eigenvalue weighted by Crippen LogP contribution is -2.51. The van der Waals surface area contributed by atoms with Gasteiger partial charge in [0.25, 0.3) is 0 Å². The highest BCUT2D eigenvalue weighted by atomic mass is 32.3. The van der Waals surface area contributed by atoms with Crippen LogP contribution in [0.2, 0.25) is 0 Å². The largest absolute Gasteiger partial charge is 0.397 e. The van der Waals surface area contributed by atoms with Crippen LogP contribution in [0.25, 0.3) is 0 Å². The van der Waals surface area contributed by atoms with Crippen LogP contribution >= 0.6 is 0 Å². The molecule has 8 aliphatic rings. The molecule has 0 heterocycles. The van der Waals surface area contributed by atoms with Crippen molar-refractivity contribution >= 4 is 10.4 Å². The van der Waals surface area contributed by atoms with Gasteiger partial charge in [-0.3, -0.25) is 4.55 Å². The first kappa shape index (κ1) is 49.2. The van der Waals surface area contributed by atoms with E-state index in [1.807, 2.05) is 0 Å². The lowest BCUT2D eigenvalue weighted by Gasteiger charge is -2.58. The van der Waals surface area contributed by atoms with Gasteiger partial charge in [0.05, 0.1) is 12.2 Å². The van der Waals surface area contributed by atoms with Crippen LogP contribution in [0.1, 0.15) is 217 Å². The number of hydrogen-bond acceptors (Lipinski definition) is 4. The Bertz CT molecular complexity index is 1700. The molecule has 0 radical (unpaired) electrons. The van der Waals surface area contributed by atoms with E-state index in [9.17, 15) is 13.5 Å². The number of fused-ring (bicyclic) bond motifs is 10. The van der Waals surface area contributed by atoms with Gasteiger partial charge in [-0.1, -0.05) is 132 Å². The summed E-state index contributed by atoms with van der Waals surface area (Å²) in [6.45, 7) is 27.4. The molecule has 0 spiro atoms. The Hall–Kier alpha value is -0.690. The first-order chi connectivity index (χ1) is 29.1. The Morgan fingerprint density at radius 3 is 1.66 bits per heavy atom. The van der Waals surface area contributed by atoms with E-state index in [-0.39, 0.29) is 11.5 Å². The molecule has 6 saturated carbocycles. The van der Waals surface area contributed by atoms with Crippen molar-refractivity contribution in [3.05, 3.63) is 23.3 Å². The zero-order valence-corrected chi connectivity index (χ0v) is 42.7. The van der Waals surface area contributed by atoms with Crippen molar-refractivity contribution in [2.75, 3.05) is 0 Å². The summed E-state index contributed by atoms with van der Waals surface area (Å²) in [5.74, 6) is 11.1. The molecule has 0 aromatic rings. The molecule has 0 amide bonds. The van der Waals surface area contributed by atoms with Crippen LogP contribution < -0.4 is 0 Å². The molecule has 0 aromatic carbocycles. The Labute approximate surface area is 382 Å². The Morgan fingerprint density at radius 1 is 0.645 bits per heavy atom. The molecule has 8 aliphatic carbocycles. The number of allylic oxidation sites excluding steroid dienone is 2. The molecule has 6 fully saturated rings. The Morgan fingerprint density at radius 2 is 1.16 bits per heavy atom. The third kappa shape index (κ3) is 9.55. The fraction of sp³-hybridized carbons (Fsp3) is 0.929. The summed E-state index contributed by atoms with van der Waals surface area (Å²) in [4.78, 5) is 0. The maximum Gasteiger partial charge on any atom is 0.397 e. The lowest BCUT2D eigenvalue weighted by atomic mass is 9.47. The summed E-state index contributed by atoms with van der Waals surface area (Å²) in [5, 5.41) is 10.2. The predicted octanol–water partition coefficient (Wildman–Crippen LogP) is 15.2. The summed E-state index contributed by atoms with van der Waals surface area (Å²) in [6, 6.07) is 0. The second-order valence-corrected chi connectivity index (χ2v) is 26.6. The van der Waals surface area contributed by atoms with Crippen LogP contribution in [-0.2, 0) is 14.6 Å². The minimum atomic E-state index is -4.38. The van der Waals surface area contributed by atoms with Gasteiger partial charge in [-0.05, 0) is 208 Å². The van der Waals surface area contributed by atoms with Crippen LogP contribution in [0.3, 0.4) is 0 Å². The standard InChI is InChI=1S/C29H50O.C27H46O4S/c1-7-21(19(2)3)9-8-20(4)25-12-13-26-24-11-10-22-18-23(30)14-16-28(22,5)27(24)15-17-29(25,26)6;1-18(2)7-6-8-19(3)23-11-12-24-22-10-9-20-17-21(31-32(28,29)30)13-15-26(20,4)25(22)14-16-27(23,24)5/h10,19-21,23-27,30H,7-9,11-18H2,1-6H3;9,18-19,21-25H,6-8,10-17H2,1-5H3,(H,28,29,30)/t20-,21-,23+,24+,25-,26+,27+,28+,29-;19-,21+,22+,23-,24+,25+,26+,27-/m11/s1. The van der Waals surface area contributed by atoms with Crippen LogP contribution in [0.15, 0.2) is 23.3 Å². The fourth-order valence-corrected chi connectivity index (χ4v) is 18.7. The lowest BCUT2D eigenvalue weighted by molar-refractivity contribution is -0.0575. The van der Waals surface area contributed by atoms with Gasteiger partial charge in [0.2, 0.25) is 0 Å². The van der Waals surface area contributed by atoms with E-state index in [1.165, 1.54) is 108 Å². The van der Waals surface area contributed by atoms with Gasteiger partial charge in [0.15, 0.2) is 0 Å². The molecule has 0 bridgehead atoms. The summed E-state index contributed by atoms with van der Waals surface area (Å²) >= 11 is 0. The fourth-order valence-electron chi connectivity index (χ4n) is 18.2. The molecule has 6 heteroatoms. The van der Waals surface area contributed by atoms with Crippen LogP contribution in [0, 0.1) is 98.6 Å². The van der Waals surface area contributed by atoms with Gasteiger partial charge in [0.1, 0.15) is 0 Å². The molecule has 0 aromatic heterocycles. The number of rotatable bonds is 13. The summed E-state index contributed by atoms with van der Waals surface area (Å²) < 4.78 is 36.6. The van der Waals surface area contributed by atoms with Gasteiger partial charge >= 0.3 is 10.4 Å². The second-order valence-electron chi connectivity index (χ2n) is 25.5. The van der Waals surface area contributed by atoms with E-state index in [0.717, 1.165) is 96.7 Å². The number of aliphatic hydroxyl groups excluding tert-OH is 1. The monoisotopic (exact) mass is 881 g/mol. The van der Waals surface area contributed by atoms with Gasteiger partial charge in [0, 0.05) is 0 Å². The number of hydrogen-bond donors (Lipinski definition) is 2. The quantitative estimate of drug-likeness (QED) is 0.142. The molecule has 17 atom stereocenters. The Kier molecular flexibility index (Phi) is 15.2. The maximum absolute atomic E-state index is 11.2. The van der Waals surface area contributed by atoms with E-state index < -0.39 is 16.5 Å². The second kappa shape index (κ2) is 19.1. The molecule has 0 unspecified atom stereocenters. The van der Waals surface area contributed by atoms with Gasteiger partial charge in [-0.15, -0.1) is 0 Å². The minimum absolute atomic E-state index is 0.0794. The molecule has 356 valence electrons. The van der Waals surface area contributed by atoms with Crippen molar-refractivity contribution in [2.45, 2.75) is 230 Å².